The van der Waals surface area contributed by atoms with E-state index < -0.39 is 0 Å². The lowest BCUT2D eigenvalue weighted by molar-refractivity contribution is -0.710. The summed E-state index contributed by atoms with van der Waals surface area (Å²) in [6.07, 6.45) is 59.5. The van der Waals surface area contributed by atoms with Gasteiger partial charge in [-0.1, -0.05) is 239 Å². The first-order valence-electron chi connectivity index (χ1n) is 23.4. The number of rotatable bonds is 41. The third-order valence-corrected chi connectivity index (χ3v) is 11.4. The summed E-state index contributed by atoms with van der Waals surface area (Å²) in [5.74, 6) is 1.52. The number of aromatic amines is 1. The number of unbranched alkanes of at least 4 members (excludes halogenated alkanes) is 35. The highest BCUT2D eigenvalue weighted by atomic mass is 15.1. The van der Waals surface area contributed by atoms with Crippen molar-refractivity contribution in [1.82, 2.24) is 4.98 Å². The van der Waals surface area contributed by atoms with Crippen LogP contribution >= 0.6 is 0 Å². The number of hydrogen-bond donors (Lipinski definition) is 1. The summed E-state index contributed by atoms with van der Waals surface area (Å²) in [6.45, 7) is 8.18. The summed E-state index contributed by atoms with van der Waals surface area (Å²) in [6, 6.07) is 0. The van der Waals surface area contributed by atoms with Gasteiger partial charge in [0, 0.05) is 12.8 Å². The van der Waals surface area contributed by atoms with Crippen molar-refractivity contribution in [2.24, 2.45) is 0 Å². The van der Waals surface area contributed by atoms with Crippen molar-refractivity contribution >= 4 is 0 Å². The maximum atomic E-state index is 3.77. The van der Waals surface area contributed by atoms with Gasteiger partial charge in [-0.05, 0) is 25.7 Å². The summed E-state index contributed by atoms with van der Waals surface area (Å²) in [5.41, 5.74) is 1.59. The highest BCUT2D eigenvalue weighted by Crippen LogP contribution is 2.16. The van der Waals surface area contributed by atoms with E-state index in [4.69, 9.17) is 0 Å². The maximum absolute atomic E-state index is 3.77. The molecule has 0 atom stereocenters. The summed E-state index contributed by atoms with van der Waals surface area (Å²) in [7, 11) is 0. The summed E-state index contributed by atoms with van der Waals surface area (Å²) < 4.78 is 2.73. The van der Waals surface area contributed by atoms with Crippen molar-refractivity contribution in [3.63, 3.8) is 0 Å². The molecule has 1 heterocycles. The van der Waals surface area contributed by atoms with Crippen LogP contribution in [-0.2, 0) is 19.4 Å². The number of imidazole rings is 1. The van der Waals surface area contributed by atoms with Gasteiger partial charge in [-0.25, -0.2) is 9.55 Å². The first kappa shape index (κ1) is 46.2. The first-order chi connectivity index (χ1) is 24.3. The summed E-state index contributed by atoms with van der Waals surface area (Å²) in [4.78, 5) is 3.77. The molecular weight excluding hydrogens is 593 g/mol. The minimum atomic E-state index is 1.24. The fraction of sp³-hybridized carbons (Fsp3) is 0.936. The Labute approximate surface area is 310 Å². The molecular formula is C47H93N2+. The molecule has 1 aromatic rings. The molecule has 0 fully saturated rings. The Bertz CT molecular complexity index is 751. The van der Waals surface area contributed by atoms with E-state index in [2.05, 4.69) is 36.5 Å². The van der Waals surface area contributed by atoms with E-state index in [9.17, 15) is 0 Å². The molecule has 1 N–H and O–H groups in total. The Morgan fingerprint density at radius 3 is 0.918 bits per heavy atom. The van der Waals surface area contributed by atoms with Gasteiger partial charge >= 0.3 is 0 Å². The fourth-order valence-corrected chi connectivity index (χ4v) is 7.93. The van der Waals surface area contributed by atoms with Crippen molar-refractivity contribution in [2.45, 2.75) is 284 Å². The van der Waals surface area contributed by atoms with E-state index in [-0.39, 0.29) is 0 Å². The van der Waals surface area contributed by atoms with E-state index in [1.54, 1.807) is 5.69 Å². The Balaban J connectivity index is 2.27. The second kappa shape index (κ2) is 38.4. The van der Waals surface area contributed by atoms with Crippen LogP contribution in [0.2, 0.25) is 0 Å². The van der Waals surface area contributed by atoms with Gasteiger partial charge in [0.15, 0.2) is 0 Å². The van der Waals surface area contributed by atoms with E-state index in [1.165, 1.54) is 269 Å². The lowest BCUT2D eigenvalue weighted by atomic mass is 10.0. The van der Waals surface area contributed by atoms with Gasteiger partial charge in [0.1, 0.15) is 11.9 Å². The molecule has 1 rings (SSSR count). The van der Waals surface area contributed by atoms with Gasteiger partial charge in [-0.2, -0.15) is 0 Å². The van der Waals surface area contributed by atoms with Crippen molar-refractivity contribution in [3.05, 3.63) is 17.7 Å². The van der Waals surface area contributed by atoms with E-state index in [0.717, 1.165) is 0 Å². The SMILES string of the molecule is CCCCCCCCCCCCCCCCc1c[nH]c(CCCCCCCCCCCCCC)[n+]1CCCCCCCCCCCCCC. The average Bonchev–Trinajstić information content (AvgIpc) is 3.50. The number of aromatic nitrogens is 2. The molecule has 0 aromatic carbocycles. The van der Waals surface area contributed by atoms with Gasteiger partial charge in [-0.15, -0.1) is 0 Å². The lowest BCUT2D eigenvalue weighted by Crippen LogP contribution is -2.40. The van der Waals surface area contributed by atoms with Crippen molar-refractivity contribution < 1.29 is 4.57 Å². The molecule has 2 nitrogen and oxygen atoms in total. The quantitative estimate of drug-likeness (QED) is 0.0523. The molecule has 0 bridgehead atoms. The minimum absolute atomic E-state index is 1.24. The van der Waals surface area contributed by atoms with Crippen molar-refractivity contribution in [2.75, 3.05) is 0 Å². The van der Waals surface area contributed by atoms with E-state index in [0.29, 0.717) is 0 Å². The molecule has 0 aliphatic heterocycles. The molecule has 0 unspecified atom stereocenters. The summed E-state index contributed by atoms with van der Waals surface area (Å²) in [5, 5.41) is 0. The number of nitrogens with one attached hydrogen (secondary N) is 1. The van der Waals surface area contributed by atoms with Crippen LogP contribution in [0.1, 0.15) is 276 Å². The van der Waals surface area contributed by atoms with Crippen LogP contribution in [0.5, 0.6) is 0 Å². The lowest BCUT2D eigenvalue weighted by Gasteiger charge is -2.07. The van der Waals surface area contributed by atoms with Gasteiger partial charge in [0.05, 0.1) is 6.54 Å². The third kappa shape index (κ3) is 30.5. The average molecular weight is 686 g/mol. The fourth-order valence-electron chi connectivity index (χ4n) is 7.93. The summed E-state index contributed by atoms with van der Waals surface area (Å²) >= 11 is 0. The predicted octanol–water partition coefficient (Wildman–Crippen LogP) is 16.3. The zero-order valence-electron chi connectivity index (χ0n) is 34.5. The Morgan fingerprint density at radius 2 is 0.592 bits per heavy atom. The number of hydrogen-bond acceptors (Lipinski definition) is 0. The molecule has 0 spiro atoms. The second-order valence-electron chi connectivity index (χ2n) is 16.3. The molecule has 0 saturated heterocycles. The van der Waals surface area contributed by atoms with Crippen LogP contribution in [0, 0.1) is 0 Å². The molecule has 0 amide bonds. The van der Waals surface area contributed by atoms with Gasteiger partial charge in [-0.3, -0.25) is 0 Å². The largest absolute Gasteiger partial charge is 0.254 e. The normalized spacial score (nSPS) is 11.7. The van der Waals surface area contributed by atoms with E-state index in [1.807, 2.05) is 0 Å². The molecule has 290 valence electrons. The Morgan fingerprint density at radius 1 is 0.327 bits per heavy atom. The molecule has 2 heteroatoms. The number of H-pyrrole nitrogens is 1. The van der Waals surface area contributed by atoms with E-state index >= 15 is 0 Å². The minimum Gasteiger partial charge on any atom is -0.247 e. The highest BCUT2D eigenvalue weighted by Gasteiger charge is 2.17. The third-order valence-electron chi connectivity index (χ3n) is 11.4. The van der Waals surface area contributed by atoms with Crippen LogP contribution < -0.4 is 4.57 Å². The molecule has 0 saturated carbocycles. The first-order valence-corrected chi connectivity index (χ1v) is 23.4. The zero-order chi connectivity index (χ0) is 35.1. The predicted molar refractivity (Wildman–Crippen MR) is 221 cm³/mol. The molecule has 49 heavy (non-hydrogen) atoms. The van der Waals surface area contributed by atoms with Crippen LogP contribution in [0.15, 0.2) is 6.20 Å². The Hall–Kier alpha value is -0.790. The molecule has 1 aromatic heterocycles. The zero-order valence-corrected chi connectivity index (χ0v) is 34.5. The van der Waals surface area contributed by atoms with Crippen molar-refractivity contribution in [3.8, 4) is 0 Å². The van der Waals surface area contributed by atoms with Gasteiger partial charge in [0.2, 0.25) is 0 Å². The standard InChI is InChI=1S/C47H92N2/c1-4-7-10-13-16-19-22-25-26-27-30-33-36-39-42-46-45-48-47(43-40-37-34-31-28-23-20-17-14-11-8-5-2)49(46)44-41-38-35-32-29-24-21-18-15-12-9-6-3/h45H,4-44H2,1-3H3/p+1. The van der Waals surface area contributed by atoms with Crippen molar-refractivity contribution in [1.29, 1.82) is 0 Å². The number of nitrogens with zero attached hydrogens (tertiary/aromatic N) is 1. The topological polar surface area (TPSA) is 19.7 Å². The molecule has 0 aliphatic rings. The van der Waals surface area contributed by atoms with Crippen LogP contribution in [0.4, 0.5) is 0 Å². The van der Waals surface area contributed by atoms with Gasteiger partial charge < -0.3 is 0 Å². The highest BCUT2D eigenvalue weighted by molar-refractivity contribution is 4.92. The Kier molecular flexibility index (Phi) is 36.3. The smallest absolute Gasteiger partial charge is 0.247 e. The number of aryl methyl sites for hydroxylation is 2. The molecule has 0 radical (unpaired) electrons. The monoisotopic (exact) mass is 686 g/mol. The van der Waals surface area contributed by atoms with Gasteiger partial charge in [0.25, 0.3) is 5.82 Å². The van der Waals surface area contributed by atoms with Crippen LogP contribution in [0.25, 0.3) is 0 Å². The van der Waals surface area contributed by atoms with Crippen LogP contribution in [-0.4, -0.2) is 4.98 Å². The molecule has 0 aliphatic carbocycles. The second-order valence-corrected chi connectivity index (χ2v) is 16.3. The maximum Gasteiger partial charge on any atom is 0.254 e. The van der Waals surface area contributed by atoms with Crippen LogP contribution in [0.3, 0.4) is 0 Å².